The van der Waals surface area contributed by atoms with Crippen molar-refractivity contribution in [3.8, 4) is 0 Å². The van der Waals surface area contributed by atoms with Gasteiger partial charge in [0, 0.05) is 28.7 Å². The van der Waals surface area contributed by atoms with Gasteiger partial charge in [0.1, 0.15) is 0 Å². The largest absolute Gasteiger partial charge is 0.377 e. The number of ether oxygens (including phenoxy) is 1. The Labute approximate surface area is 114 Å². The summed E-state index contributed by atoms with van der Waals surface area (Å²) in [4.78, 5) is 0. The minimum atomic E-state index is -0.722. The molecule has 1 heterocycles. The van der Waals surface area contributed by atoms with E-state index in [4.69, 9.17) is 4.74 Å². The van der Waals surface area contributed by atoms with Gasteiger partial charge >= 0.3 is 0 Å². The summed E-state index contributed by atoms with van der Waals surface area (Å²) in [6.07, 6.45) is 4.62. The zero-order chi connectivity index (χ0) is 13.1. The van der Waals surface area contributed by atoms with Crippen LogP contribution in [0.15, 0.2) is 0 Å². The average molecular weight is 273 g/mol. The van der Waals surface area contributed by atoms with Crippen LogP contribution < -0.4 is 5.32 Å². The first-order valence-corrected chi connectivity index (χ1v) is 8.67. The van der Waals surface area contributed by atoms with Gasteiger partial charge in [-0.1, -0.05) is 13.8 Å². The van der Waals surface area contributed by atoms with Gasteiger partial charge in [-0.15, -0.1) is 0 Å². The third kappa shape index (κ3) is 2.97. The monoisotopic (exact) mass is 273 g/mol. The fraction of sp³-hybridized carbons (Fsp3) is 1.00. The van der Waals surface area contributed by atoms with Crippen LogP contribution in [-0.4, -0.2) is 40.0 Å². The molecule has 3 nitrogen and oxygen atoms in total. The Bertz CT molecular complexity index is 298. The fourth-order valence-electron chi connectivity index (χ4n) is 3.32. The first kappa shape index (κ1) is 14.5. The molecule has 2 rings (SSSR count). The van der Waals surface area contributed by atoms with E-state index < -0.39 is 10.8 Å². The summed E-state index contributed by atoms with van der Waals surface area (Å²) >= 11 is 0. The van der Waals surface area contributed by atoms with E-state index in [1.807, 2.05) is 0 Å². The number of nitrogens with one attached hydrogen (secondary N) is 1. The van der Waals surface area contributed by atoms with Gasteiger partial charge in [0.25, 0.3) is 0 Å². The minimum Gasteiger partial charge on any atom is -0.377 e. The summed E-state index contributed by atoms with van der Waals surface area (Å²) in [6.45, 7) is 8.40. The second kappa shape index (κ2) is 6.49. The quantitative estimate of drug-likeness (QED) is 0.833. The molecule has 0 aromatic rings. The molecular formula is C14H27NO2S. The maximum Gasteiger partial charge on any atom is 0.0691 e. The second-order valence-corrected chi connectivity index (χ2v) is 7.64. The molecule has 18 heavy (non-hydrogen) atoms. The van der Waals surface area contributed by atoms with Crippen molar-refractivity contribution in [3.05, 3.63) is 0 Å². The Balaban J connectivity index is 1.91. The van der Waals surface area contributed by atoms with Crippen molar-refractivity contribution in [3.63, 3.8) is 0 Å². The Kier molecular flexibility index (Phi) is 5.22. The third-order valence-electron chi connectivity index (χ3n) is 4.54. The summed E-state index contributed by atoms with van der Waals surface area (Å²) in [6, 6.07) is 0.566. The molecule has 1 N–H and O–H groups in total. The fourth-order valence-corrected chi connectivity index (χ4v) is 5.53. The van der Waals surface area contributed by atoms with Gasteiger partial charge in [-0.05, 0) is 45.1 Å². The van der Waals surface area contributed by atoms with Crippen LogP contribution in [0, 0.1) is 5.92 Å². The summed E-state index contributed by atoms with van der Waals surface area (Å²) in [5.41, 5.74) is 0. The molecule has 6 atom stereocenters. The van der Waals surface area contributed by atoms with Crippen LogP contribution in [0.3, 0.4) is 0 Å². The van der Waals surface area contributed by atoms with E-state index in [-0.39, 0.29) is 11.4 Å². The molecule has 4 heteroatoms. The molecule has 2 aliphatic rings. The van der Waals surface area contributed by atoms with Crippen LogP contribution in [0.25, 0.3) is 0 Å². The van der Waals surface area contributed by atoms with Crippen LogP contribution >= 0.6 is 0 Å². The summed E-state index contributed by atoms with van der Waals surface area (Å²) in [5, 5.41) is 4.24. The zero-order valence-electron chi connectivity index (χ0n) is 11.9. The van der Waals surface area contributed by atoms with E-state index in [0.717, 1.165) is 26.0 Å². The molecule has 1 aliphatic carbocycles. The normalized spacial score (nSPS) is 42.3. The maximum atomic E-state index is 12.7. The van der Waals surface area contributed by atoms with E-state index in [9.17, 15) is 4.21 Å². The van der Waals surface area contributed by atoms with Gasteiger partial charge in [-0.2, -0.15) is 0 Å². The first-order valence-electron chi connectivity index (χ1n) is 7.39. The van der Waals surface area contributed by atoms with Crippen LogP contribution in [0.5, 0.6) is 0 Å². The highest BCUT2D eigenvalue weighted by molar-refractivity contribution is 7.86. The lowest BCUT2D eigenvalue weighted by atomic mass is 10.1. The van der Waals surface area contributed by atoms with Crippen molar-refractivity contribution in [2.45, 2.75) is 69.1 Å². The highest BCUT2D eigenvalue weighted by Crippen LogP contribution is 2.34. The molecule has 0 spiro atoms. The molecular weight excluding hydrogens is 246 g/mol. The van der Waals surface area contributed by atoms with Crippen molar-refractivity contribution in [2.75, 3.05) is 13.2 Å². The average Bonchev–Trinajstić information content (AvgIpc) is 2.93. The van der Waals surface area contributed by atoms with E-state index in [0.29, 0.717) is 17.2 Å². The van der Waals surface area contributed by atoms with E-state index in [2.05, 4.69) is 26.1 Å². The SMILES string of the molecule is CCCNC1CCC(S(=O)C2CCOC2C)C1C. The summed E-state index contributed by atoms with van der Waals surface area (Å²) in [7, 11) is -0.722. The van der Waals surface area contributed by atoms with Crippen LogP contribution in [0.1, 0.15) is 46.5 Å². The Morgan fingerprint density at radius 3 is 2.61 bits per heavy atom. The molecule has 0 aromatic heterocycles. The summed E-state index contributed by atoms with van der Waals surface area (Å²) < 4.78 is 18.3. The molecule has 0 bridgehead atoms. The van der Waals surface area contributed by atoms with Crippen molar-refractivity contribution >= 4 is 10.8 Å². The molecule has 6 unspecified atom stereocenters. The smallest absolute Gasteiger partial charge is 0.0691 e. The molecule has 1 aliphatic heterocycles. The molecule has 0 radical (unpaired) electrons. The van der Waals surface area contributed by atoms with E-state index in [1.165, 1.54) is 12.8 Å². The van der Waals surface area contributed by atoms with Crippen molar-refractivity contribution in [2.24, 2.45) is 5.92 Å². The number of rotatable bonds is 5. The lowest BCUT2D eigenvalue weighted by molar-refractivity contribution is 0.126. The van der Waals surface area contributed by atoms with Crippen LogP contribution in [-0.2, 0) is 15.5 Å². The predicted octanol–water partition coefficient (Wildman–Crippen LogP) is 2.08. The molecule has 1 saturated heterocycles. The highest BCUT2D eigenvalue weighted by atomic mass is 32.2. The van der Waals surface area contributed by atoms with Crippen molar-refractivity contribution < 1.29 is 8.95 Å². The number of hydrogen-bond acceptors (Lipinski definition) is 3. The zero-order valence-corrected chi connectivity index (χ0v) is 12.7. The Morgan fingerprint density at radius 2 is 2.00 bits per heavy atom. The van der Waals surface area contributed by atoms with Crippen LogP contribution in [0.2, 0.25) is 0 Å². The lowest BCUT2D eigenvalue weighted by Gasteiger charge is -2.24. The second-order valence-electron chi connectivity index (χ2n) is 5.77. The Morgan fingerprint density at radius 1 is 1.22 bits per heavy atom. The van der Waals surface area contributed by atoms with E-state index >= 15 is 0 Å². The van der Waals surface area contributed by atoms with Crippen molar-refractivity contribution in [1.82, 2.24) is 5.32 Å². The molecule has 0 amide bonds. The van der Waals surface area contributed by atoms with Crippen molar-refractivity contribution in [1.29, 1.82) is 0 Å². The van der Waals surface area contributed by atoms with Gasteiger partial charge in [0.05, 0.1) is 11.4 Å². The van der Waals surface area contributed by atoms with Gasteiger partial charge in [0.2, 0.25) is 0 Å². The summed E-state index contributed by atoms with van der Waals surface area (Å²) in [5.74, 6) is 0.533. The van der Waals surface area contributed by atoms with E-state index in [1.54, 1.807) is 0 Å². The molecule has 1 saturated carbocycles. The van der Waals surface area contributed by atoms with Gasteiger partial charge < -0.3 is 10.1 Å². The molecule has 2 fully saturated rings. The predicted molar refractivity (Wildman–Crippen MR) is 76.2 cm³/mol. The maximum absolute atomic E-state index is 12.7. The van der Waals surface area contributed by atoms with Gasteiger partial charge in [-0.25, -0.2) is 0 Å². The topological polar surface area (TPSA) is 38.3 Å². The Hall–Kier alpha value is 0.0700. The number of hydrogen-bond donors (Lipinski definition) is 1. The first-order chi connectivity index (χ1) is 8.65. The third-order valence-corrected chi connectivity index (χ3v) is 7.02. The molecule has 0 aromatic carbocycles. The minimum absolute atomic E-state index is 0.181. The van der Waals surface area contributed by atoms with Gasteiger partial charge in [-0.3, -0.25) is 4.21 Å². The van der Waals surface area contributed by atoms with Crippen LogP contribution in [0.4, 0.5) is 0 Å². The standard InChI is InChI=1S/C14H27NO2S/c1-4-8-15-12-5-6-13(10(12)2)18(16)14-7-9-17-11(14)3/h10-15H,4-9H2,1-3H3. The van der Waals surface area contributed by atoms with Gasteiger partial charge in [0.15, 0.2) is 0 Å². The molecule has 106 valence electrons. The highest BCUT2D eigenvalue weighted by Gasteiger charge is 2.41. The lowest BCUT2D eigenvalue weighted by Crippen LogP contribution is -2.38.